The minimum absolute atomic E-state index is 0.0315. The summed E-state index contributed by atoms with van der Waals surface area (Å²) < 4.78 is 5.68. The first kappa shape index (κ1) is 13.8. The first-order valence-corrected chi connectivity index (χ1v) is 7.32. The topological polar surface area (TPSA) is 41.6 Å². The van der Waals surface area contributed by atoms with Crippen LogP contribution in [-0.4, -0.2) is 49.2 Å². The third-order valence-corrected chi connectivity index (χ3v) is 4.21. The summed E-state index contributed by atoms with van der Waals surface area (Å²) in [6.07, 6.45) is 4.72. The van der Waals surface area contributed by atoms with Crippen LogP contribution >= 0.6 is 0 Å². The number of carbonyl (C=O) groups excluding carboxylic acids is 1. The highest BCUT2D eigenvalue weighted by molar-refractivity contribution is 5.75. The van der Waals surface area contributed by atoms with Crippen LogP contribution in [0.1, 0.15) is 39.5 Å². The Balaban J connectivity index is 1.79. The van der Waals surface area contributed by atoms with Gasteiger partial charge >= 0.3 is 5.97 Å². The molecule has 0 spiro atoms. The van der Waals surface area contributed by atoms with Crippen molar-refractivity contribution in [1.29, 1.82) is 0 Å². The molecule has 1 N–H and O–H groups in total. The van der Waals surface area contributed by atoms with Gasteiger partial charge in [-0.2, -0.15) is 0 Å². The molecule has 4 nitrogen and oxygen atoms in total. The van der Waals surface area contributed by atoms with Crippen molar-refractivity contribution in [2.75, 3.05) is 26.2 Å². The van der Waals surface area contributed by atoms with Gasteiger partial charge in [-0.1, -0.05) is 13.3 Å². The minimum atomic E-state index is -0.0932. The van der Waals surface area contributed by atoms with Gasteiger partial charge in [0, 0.05) is 26.2 Å². The molecule has 3 unspecified atom stereocenters. The maximum atomic E-state index is 12.1. The molecule has 0 amide bonds. The number of rotatable bonds is 3. The number of esters is 1. The largest absolute Gasteiger partial charge is 0.461 e. The Morgan fingerprint density at radius 3 is 2.72 bits per heavy atom. The lowest BCUT2D eigenvalue weighted by Gasteiger charge is -2.33. The third-order valence-electron chi connectivity index (χ3n) is 4.21. The van der Waals surface area contributed by atoms with Gasteiger partial charge in [-0.15, -0.1) is 0 Å². The highest BCUT2D eigenvalue weighted by Gasteiger charge is 2.28. The Labute approximate surface area is 110 Å². The summed E-state index contributed by atoms with van der Waals surface area (Å²) in [5.74, 6) is 0.669. The Morgan fingerprint density at radius 2 is 2.06 bits per heavy atom. The zero-order chi connectivity index (χ0) is 13.0. The van der Waals surface area contributed by atoms with Gasteiger partial charge in [0.15, 0.2) is 0 Å². The molecule has 1 heterocycles. The van der Waals surface area contributed by atoms with E-state index in [2.05, 4.69) is 17.1 Å². The molecule has 1 saturated carbocycles. The second-order valence-electron chi connectivity index (χ2n) is 5.79. The lowest BCUT2D eigenvalue weighted by Crippen LogP contribution is -2.51. The van der Waals surface area contributed by atoms with Crippen molar-refractivity contribution < 1.29 is 9.53 Å². The lowest BCUT2D eigenvalue weighted by molar-refractivity contribution is -0.157. The van der Waals surface area contributed by atoms with E-state index in [-0.39, 0.29) is 18.1 Å². The number of ether oxygens (including phenoxy) is 1. The molecule has 3 atom stereocenters. The molecule has 1 aliphatic carbocycles. The van der Waals surface area contributed by atoms with Crippen LogP contribution in [0.2, 0.25) is 0 Å². The fourth-order valence-electron chi connectivity index (χ4n) is 2.97. The summed E-state index contributed by atoms with van der Waals surface area (Å²) in [5.41, 5.74) is 0. The predicted octanol–water partition coefficient (Wildman–Crippen LogP) is 1.40. The van der Waals surface area contributed by atoms with E-state index in [0.717, 1.165) is 39.0 Å². The summed E-state index contributed by atoms with van der Waals surface area (Å²) >= 11 is 0. The van der Waals surface area contributed by atoms with Crippen LogP contribution in [0.25, 0.3) is 0 Å². The highest BCUT2D eigenvalue weighted by Crippen LogP contribution is 2.26. The van der Waals surface area contributed by atoms with E-state index >= 15 is 0 Å². The van der Waals surface area contributed by atoms with Crippen molar-refractivity contribution in [2.24, 2.45) is 5.92 Å². The molecule has 2 fully saturated rings. The quantitative estimate of drug-likeness (QED) is 0.773. The van der Waals surface area contributed by atoms with Crippen LogP contribution in [0.4, 0.5) is 0 Å². The Bertz CT molecular complexity index is 277. The summed E-state index contributed by atoms with van der Waals surface area (Å²) in [5, 5.41) is 3.30. The number of carbonyl (C=O) groups is 1. The molecule has 104 valence electrons. The number of piperazine rings is 1. The standard InChI is InChI=1S/C14H26N2O2/c1-11-4-3-5-13(10-11)18-14(17)12(2)16-8-6-15-7-9-16/h11-13,15H,3-10H2,1-2H3. The molecular weight excluding hydrogens is 228 g/mol. The van der Waals surface area contributed by atoms with Crippen LogP contribution in [0.3, 0.4) is 0 Å². The Morgan fingerprint density at radius 1 is 1.33 bits per heavy atom. The van der Waals surface area contributed by atoms with Gasteiger partial charge < -0.3 is 10.1 Å². The smallest absolute Gasteiger partial charge is 0.323 e. The SMILES string of the molecule is CC1CCCC(OC(=O)C(C)N2CCNCC2)C1. The van der Waals surface area contributed by atoms with Crippen LogP contribution in [0.15, 0.2) is 0 Å². The van der Waals surface area contributed by atoms with Gasteiger partial charge in [0.05, 0.1) is 0 Å². The van der Waals surface area contributed by atoms with Crippen molar-refractivity contribution in [3.63, 3.8) is 0 Å². The van der Waals surface area contributed by atoms with Crippen LogP contribution in [0, 0.1) is 5.92 Å². The van der Waals surface area contributed by atoms with E-state index in [1.54, 1.807) is 0 Å². The van der Waals surface area contributed by atoms with Crippen molar-refractivity contribution in [1.82, 2.24) is 10.2 Å². The van der Waals surface area contributed by atoms with E-state index in [0.29, 0.717) is 5.92 Å². The molecule has 2 rings (SSSR count). The van der Waals surface area contributed by atoms with E-state index in [1.165, 1.54) is 12.8 Å². The average molecular weight is 254 g/mol. The van der Waals surface area contributed by atoms with Gasteiger partial charge in [0.2, 0.25) is 0 Å². The second-order valence-corrected chi connectivity index (χ2v) is 5.79. The first-order chi connectivity index (χ1) is 8.66. The molecule has 0 bridgehead atoms. The number of nitrogens with one attached hydrogen (secondary N) is 1. The molecule has 1 aliphatic heterocycles. The zero-order valence-corrected chi connectivity index (χ0v) is 11.7. The number of nitrogens with zero attached hydrogens (tertiary/aromatic N) is 1. The average Bonchev–Trinajstić information content (AvgIpc) is 2.39. The Kier molecular flexibility index (Phi) is 5.01. The molecule has 0 aromatic heterocycles. The summed E-state index contributed by atoms with van der Waals surface area (Å²) in [6.45, 7) is 8.05. The van der Waals surface area contributed by atoms with Crippen molar-refractivity contribution in [2.45, 2.75) is 51.7 Å². The normalized spacial score (nSPS) is 31.9. The fourth-order valence-corrected chi connectivity index (χ4v) is 2.97. The predicted molar refractivity (Wildman–Crippen MR) is 71.4 cm³/mol. The van der Waals surface area contributed by atoms with Crippen molar-refractivity contribution in [3.05, 3.63) is 0 Å². The fraction of sp³-hybridized carbons (Fsp3) is 0.929. The highest BCUT2D eigenvalue weighted by atomic mass is 16.5. The van der Waals surface area contributed by atoms with Crippen LogP contribution < -0.4 is 5.32 Å². The molecule has 2 aliphatic rings. The zero-order valence-electron chi connectivity index (χ0n) is 11.7. The Hall–Kier alpha value is -0.610. The van der Waals surface area contributed by atoms with E-state index in [1.807, 2.05) is 6.92 Å². The van der Waals surface area contributed by atoms with E-state index in [4.69, 9.17) is 4.74 Å². The molecule has 18 heavy (non-hydrogen) atoms. The maximum Gasteiger partial charge on any atom is 0.323 e. The monoisotopic (exact) mass is 254 g/mol. The lowest BCUT2D eigenvalue weighted by atomic mass is 9.89. The van der Waals surface area contributed by atoms with Gasteiger partial charge in [-0.25, -0.2) is 0 Å². The van der Waals surface area contributed by atoms with E-state index < -0.39 is 0 Å². The maximum absolute atomic E-state index is 12.1. The molecule has 1 saturated heterocycles. The van der Waals surface area contributed by atoms with Gasteiger partial charge in [0.25, 0.3) is 0 Å². The van der Waals surface area contributed by atoms with Gasteiger partial charge in [0.1, 0.15) is 12.1 Å². The summed E-state index contributed by atoms with van der Waals surface area (Å²) in [6, 6.07) is -0.0932. The summed E-state index contributed by atoms with van der Waals surface area (Å²) in [7, 11) is 0. The first-order valence-electron chi connectivity index (χ1n) is 7.32. The van der Waals surface area contributed by atoms with Crippen LogP contribution in [-0.2, 0) is 9.53 Å². The van der Waals surface area contributed by atoms with Gasteiger partial charge in [-0.05, 0) is 32.1 Å². The molecule has 0 aromatic carbocycles. The molecule has 4 heteroatoms. The van der Waals surface area contributed by atoms with Crippen molar-refractivity contribution >= 4 is 5.97 Å². The molecule has 0 aromatic rings. The van der Waals surface area contributed by atoms with E-state index in [9.17, 15) is 4.79 Å². The number of hydrogen-bond acceptors (Lipinski definition) is 4. The number of hydrogen-bond donors (Lipinski definition) is 1. The second kappa shape index (κ2) is 6.53. The van der Waals surface area contributed by atoms with Crippen molar-refractivity contribution in [3.8, 4) is 0 Å². The van der Waals surface area contributed by atoms with Crippen LogP contribution in [0.5, 0.6) is 0 Å². The van der Waals surface area contributed by atoms with Gasteiger partial charge in [-0.3, -0.25) is 9.69 Å². The third kappa shape index (κ3) is 3.69. The molecular formula is C14H26N2O2. The molecule has 0 radical (unpaired) electrons. The summed E-state index contributed by atoms with van der Waals surface area (Å²) in [4.78, 5) is 14.3. The minimum Gasteiger partial charge on any atom is -0.461 e.